The average molecular weight is 213 g/mol. The normalized spacial score (nSPS) is 10.4. The zero-order valence-electron chi connectivity index (χ0n) is 9.28. The first kappa shape index (κ1) is 10.6. The molecule has 2 N–H and O–H groups in total. The van der Waals surface area contributed by atoms with Crippen molar-refractivity contribution in [2.75, 3.05) is 0 Å². The molecule has 0 saturated carbocycles. The molecule has 16 heavy (non-hydrogen) atoms. The van der Waals surface area contributed by atoms with Crippen molar-refractivity contribution >= 4 is 0 Å². The van der Waals surface area contributed by atoms with Crippen LogP contribution in [0.3, 0.4) is 0 Å². The summed E-state index contributed by atoms with van der Waals surface area (Å²) < 4.78 is 0. The molecule has 0 aliphatic carbocycles. The fourth-order valence-electron chi connectivity index (χ4n) is 1.73. The molecule has 0 aromatic heterocycles. The summed E-state index contributed by atoms with van der Waals surface area (Å²) in [6, 6.07) is 11.6. The number of phenols is 2. The lowest BCUT2D eigenvalue weighted by atomic mass is 9.98. The maximum atomic E-state index is 9.57. The van der Waals surface area contributed by atoms with Gasteiger partial charge in [0.1, 0.15) is 11.5 Å². The maximum Gasteiger partial charge on any atom is 0.124 e. The molecule has 0 saturated heterocycles. The minimum Gasteiger partial charge on any atom is -0.508 e. The van der Waals surface area contributed by atoms with Crippen molar-refractivity contribution < 1.29 is 10.2 Å². The van der Waals surface area contributed by atoms with Gasteiger partial charge in [-0.2, -0.15) is 0 Å². The molecule has 0 spiro atoms. The highest BCUT2D eigenvalue weighted by Crippen LogP contribution is 2.30. The molecule has 81 valence electrons. The van der Waals surface area contributed by atoms with Gasteiger partial charge in [-0.15, -0.1) is 0 Å². The lowest BCUT2D eigenvalue weighted by molar-refractivity contribution is 0.471. The van der Waals surface area contributed by atoms with Crippen LogP contribution in [0, 0.1) is 19.9 Å². The fourth-order valence-corrected chi connectivity index (χ4v) is 1.73. The zero-order valence-corrected chi connectivity index (χ0v) is 9.28. The smallest absolute Gasteiger partial charge is 0.124 e. The van der Waals surface area contributed by atoms with Crippen LogP contribution in [0.1, 0.15) is 11.1 Å². The minimum absolute atomic E-state index is 0.127. The molecule has 0 amide bonds. The third-order valence-electron chi connectivity index (χ3n) is 2.64. The number of benzene rings is 2. The van der Waals surface area contributed by atoms with Crippen LogP contribution in [-0.2, 0) is 0 Å². The number of aromatic hydroxyl groups is 2. The van der Waals surface area contributed by atoms with Gasteiger partial charge >= 0.3 is 0 Å². The first-order valence-electron chi connectivity index (χ1n) is 5.09. The van der Waals surface area contributed by atoms with E-state index in [0.29, 0.717) is 5.75 Å². The first-order valence-corrected chi connectivity index (χ1v) is 5.09. The summed E-state index contributed by atoms with van der Waals surface area (Å²) in [7, 11) is 0. The van der Waals surface area contributed by atoms with E-state index in [1.54, 1.807) is 18.2 Å². The predicted molar refractivity (Wildman–Crippen MR) is 63.5 cm³/mol. The number of phenolic OH excluding ortho intramolecular Hbond substituents is 2. The summed E-state index contributed by atoms with van der Waals surface area (Å²) in [4.78, 5) is 0. The van der Waals surface area contributed by atoms with Gasteiger partial charge in [0.25, 0.3) is 0 Å². The molecule has 0 heterocycles. The Morgan fingerprint density at radius 1 is 1.00 bits per heavy atom. The third-order valence-corrected chi connectivity index (χ3v) is 2.64. The average Bonchev–Trinajstić information content (AvgIpc) is 2.23. The molecular formula is C14H13O2. The Morgan fingerprint density at radius 3 is 2.44 bits per heavy atom. The summed E-state index contributed by atoms with van der Waals surface area (Å²) in [5, 5.41) is 19.0. The largest absolute Gasteiger partial charge is 0.508 e. The highest BCUT2D eigenvalue weighted by atomic mass is 16.3. The van der Waals surface area contributed by atoms with Gasteiger partial charge in [-0.05, 0) is 60.4 Å². The van der Waals surface area contributed by atoms with Gasteiger partial charge in [-0.25, -0.2) is 0 Å². The molecule has 0 aliphatic heterocycles. The molecule has 1 radical (unpaired) electrons. The summed E-state index contributed by atoms with van der Waals surface area (Å²) >= 11 is 0. The van der Waals surface area contributed by atoms with E-state index in [1.807, 2.05) is 26.0 Å². The monoisotopic (exact) mass is 213 g/mol. The van der Waals surface area contributed by atoms with Crippen molar-refractivity contribution in [1.29, 1.82) is 0 Å². The van der Waals surface area contributed by atoms with Crippen LogP contribution >= 0.6 is 0 Å². The molecule has 2 nitrogen and oxygen atoms in total. The van der Waals surface area contributed by atoms with Gasteiger partial charge < -0.3 is 10.2 Å². The summed E-state index contributed by atoms with van der Waals surface area (Å²) in [6.45, 7) is 3.79. The standard InChI is InChI=1S/C14H13O2/c1-9-7-14(16)10(2)6-13(9)11-4-3-5-12(15)8-11/h3-4,6-8,15-16H,1-2H3. The van der Waals surface area contributed by atoms with Crippen molar-refractivity contribution in [3.63, 3.8) is 0 Å². The second kappa shape index (κ2) is 3.89. The van der Waals surface area contributed by atoms with E-state index in [9.17, 15) is 10.2 Å². The zero-order chi connectivity index (χ0) is 11.7. The quantitative estimate of drug-likeness (QED) is 0.763. The lowest BCUT2D eigenvalue weighted by Crippen LogP contribution is -1.86. The molecule has 2 aromatic rings. The summed E-state index contributed by atoms with van der Waals surface area (Å²) in [5.74, 6) is 0.426. The Kier molecular flexibility index (Phi) is 2.57. The molecule has 0 unspecified atom stereocenters. The van der Waals surface area contributed by atoms with Gasteiger partial charge in [0, 0.05) is 6.07 Å². The Labute approximate surface area is 94.8 Å². The number of rotatable bonds is 1. The molecular weight excluding hydrogens is 200 g/mol. The van der Waals surface area contributed by atoms with Crippen molar-refractivity contribution in [3.05, 3.63) is 47.5 Å². The fraction of sp³-hybridized carbons (Fsp3) is 0.143. The number of hydrogen-bond acceptors (Lipinski definition) is 2. The van der Waals surface area contributed by atoms with Crippen molar-refractivity contribution in [3.8, 4) is 22.6 Å². The Balaban J connectivity index is 2.60. The molecule has 0 bridgehead atoms. The topological polar surface area (TPSA) is 40.5 Å². The van der Waals surface area contributed by atoms with E-state index < -0.39 is 0 Å². The Hall–Kier alpha value is -1.96. The molecule has 2 aromatic carbocycles. The van der Waals surface area contributed by atoms with Crippen LogP contribution in [0.2, 0.25) is 0 Å². The summed E-state index contributed by atoms with van der Waals surface area (Å²) in [5.41, 5.74) is 3.75. The van der Waals surface area contributed by atoms with E-state index in [0.717, 1.165) is 22.3 Å². The van der Waals surface area contributed by atoms with Crippen LogP contribution in [0.15, 0.2) is 30.3 Å². The second-order valence-electron chi connectivity index (χ2n) is 3.92. The van der Waals surface area contributed by atoms with E-state index >= 15 is 0 Å². The second-order valence-corrected chi connectivity index (χ2v) is 3.92. The van der Waals surface area contributed by atoms with Crippen LogP contribution in [0.25, 0.3) is 11.1 Å². The van der Waals surface area contributed by atoms with E-state index in [4.69, 9.17) is 0 Å². The first-order chi connectivity index (χ1) is 7.58. The Bertz CT molecular complexity index is 530. The SMILES string of the molecule is Cc1cc(-c2cc[c]c(O)c2)c(C)cc1O. The highest BCUT2D eigenvalue weighted by molar-refractivity contribution is 5.70. The van der Waals surface area contributed by atoms with Gasteiger partial charge in [0.05, 0.1) is 0 Å². The van der Waals surface area contributed by atoms with Gasteiger partial charge in [-0.3, -0.25) is 0 Å². The van der Waals surface area contributed by atoms with E-state index in [1.165, 1.54) is 0 Å². The molecule has 2 heteroatoms. The molecule has 0 atom stereocenters. The van der Waals surface area contributed by atoms with Gasteiger partial charge in [0.15, 0.2) is 0 Å². The van der Waals surface area contributed by atoms with Crippen LogP contribution in [-0.4, -0.2) is 10.2 Å². The van der Waals surface area contributed by atoms with Crippen LogP contribution in [0.4, 0.5) is 0 Å². The van der Waals surface area contributed by atoms with Crippen molar-refractivity contribution in [2.45, 2.75) is 13.8 Å². The molecule has 0 fully saturated rings. The van der Waals surface area contributed by atoms with Gasteiger partial charge in [0.2, 0.25) is 0 Å². The Morgan fingerprint density at radius 2 is 1.75 bits per heavy atom. The van der Waals surface area contributed by atoms with E-state index in [-0.39, 0.29) is 5.75 Å². The van der Waals surface area contributed by atoms with Crippen molar-refractivity contribution in [1.82, 2.24) is 0 Å². The third kappa shape index (κ3) is 1.87. The number of aryl methyl sites for hydroxylation is 2. The molecule has 2 rings (SSSR count). The van der Waals surface area contributed by atoms with Gasteiger partial charge in [-0.1, -0.05) is 6.07 Å². The van der Waals surface area contributed by atoms with Crippen LogP contribution < -0.4 is 0 Å². The van der Waals surface area contributed by atoms with Crippen LogP contribution in [0.5, 0.6) is 11.5 Å². The predicted octanol–water partition coefficient (Wildman–Crippen LogP) is 3.18. The highest BCUT2D eigenvalue weighted by Gasteiger charge is 2.06. The maximum absolute atomic E-state index is 9.57. The van der Waals surface area contributed by atoms with E-state index in [2.05, 4.69) is 6.07 Å². The molecule has 0 aliphatic rings. The summed E-state index contributed by atoms with van der Waals surface area (Å²) in [6.07, 6.45) is 0. The minimum atomic E-state index is 0.127. The van der Waals surface area contributed by atoms with Crippen molar-refractivity contribution in [2.24, 2.45) is 0 Å². The number of hydrogen-bond donors (Lipinski definition) is 2. The lowest BCUT2D eigenvalue weighted by Gasteiger charge is -2.09.